The predicted molar refractivity (Wildman–Crippen MR) is 109 cm³/mol. The summed E-state index contributed by atoms with van der Waals surface area (Å²) in [5.41, 5.74) is 5.33. The van der Waals surface area contributed by atoms with Gasteiger partial charge in [-0.05, 0) is 61.0 Å². The van der Waals surface area contributed by atoms with Crippen LogP contribution in [0.15, 0.2) is 66.7 Å². The van der Waals surface area contributed by atoms with Gasteiger partial charge in [0.15, 0.2) is 0 Å². The minimum atomic E-state index is -0.146. The maximum Gasteiger partial charge on any atom is 0.255 e. The fourth-order valence-corrected chi connectivity index (χ4v) is 3.71. The van der Waals surface area contributed by atoms with Crippen molar-refractivity contribution in [3.05, 3.63) is 83.7 Å². The fourth-order valence-electron chi connectivity index (χ4n) is 3.71. The topological polar surface area (TPSA) is 56.1 Å². The number of aryl methyl sites for hydroxylation is 1. The molecule has 1 aromatic heterocycles. The zero-order chi connectivity index (χ0) is 19.1. The van der Waals surface area contributed by atoms with Crippen molar-refractivity contribution < 1.29 is 9.53 Å². The van der Waals surface area contributed by atoms with Crippen molar-refractivity contribution >= 4 is 22.6 Å². The van der Waals surface area contributed by atoms with Gasteiger partial charge in [0.2, 0.25) is 0 Å². The fraction of sp³-hybridized carbons (Fsp3) is 0.130. The van der Waals surface area contributed by atoms with E-state index in [1.165, 1.54) is 0 Å². The second-order valence-corrected chi connectivity index (χ2v) is 6.91. The van der Waals surface area contributed by atoms with Gasteiger partial charge in [-0.25, -0.2) is 4.98 Å². The van der Waals surface area contributed by atoms with Crippen molar-refractivity contribution in [3.63, 3.8) is 0 Å². The first-order chi connectivity index (χ1) is 13.7. The number of hydrogen-bond donors (Lipinski definition) is 1. The number of nitrogens with zero attached hydrogens (tertiary/aromatic N) is 2. The van der Waals surface area contributed by atoms with E-state index in [4.69, 9.17) is 4.74 Å². The van der Waals surface area contributed by atoms with Crippen molar-refractivity contribution in [3.8, 4) is 11.4 Å². The van der Waals surface area contributed by atoms with Crippen LogP contribution >= 0.6 is 0 Å². The summed E-state index contributed by atoms with van der Waals surface area (Å²) in [5.74, 6) is 1.64. The Bertz CT molecular complexity index is 1200. The van der Waals surface area contributed by atoms with Gasteiger partial charge in [0.25, 0.3) is 5.91 Å². The number of fused-ring (bicyclic) bond motifs is 2. The lowest BCUT2D eigenvalue weighted by Crippen LogP contribution is -2.11. The predicted octanol–water partition coefficient (Wildman–Crippen LogP) is 4.52. The summed E-state index contributed by atoms with van der Waals surface area (Å²) in [4.78, 5) is 17.4. The first-order valence-electron chi connectivity index (χ1n) is 9.31. The zero-order valence-electron chi connectivity index (χ0n) is 15.5. The molecule has 2 heterocycles. The van der Waals surface area contributed by atoms with Crippen LogP contribution in [-0.4, -0.2) is 22.1 Å². The van der Waals surface area contributed by atoms with Crippen molar-refractivity contribution in [1.29, 1.82) is 0 Å². The number of hydrogen-bond acceptors (Lipinski definition) is 3. The van der Waals surface area contributed by atoms with E-state index in [0.29, 0.717) is 12.2 Å². The number of para-hydroxylation sites is 1. The molecule has 0 spiro atoms. The molecule has 0 atom stereocenters. The number of rotatable bonds is 3. The van der Waals surface area contributed by atoms with Crippen LogP contribution in [0.2, 0.25) is 0 Å². The third-order valence-electron chi connectivity index (χ3n) is 5.05. The molecule has 0 saturated carbocycles. The van der Waals surface area contributed by atoms with Gasteiger partial charge in [-0.3, -0.25) is 9.36 Å². The average Bonchev–Trinajstić information content (AvgIpc) is 3.30. The number of benzene rings is 3. The highest BCUT2D eigenvalue weighted by Crippen LogP contribution is 2.28. The number of amides is 1. The van der Waals surface area contributed by atoms with Crippen LogP contribution in [-0.2, 0) is 6.42 Å². The minimum absolute atomic E-state index is 0.146. The van der Waals surface area contributed by atoms with Crippen LogP contribution in [0.5, 0.6) is 5.75 Å². The number of aromatic nitrogens is 2. The summed E-state index contributed by atoms with van der Waals surface area (Å²) in [7, 11) is 0. The van der Waals surface area contributed by atoms with E-state index < -0.39 is 0 Å². The van der Waals surface area contributed by atoms with E-state index >= 15 is 0 Å². The van der Waals surface area contributed by atoms with Crippen LogP contribution in [0, 0.1) is 6.92 Å². The van der Waals surface area contributed by atoms with Gasteiger partial charge in [0.05, 0.1) is 17.6 Å². The number of imidazole rings is 1. The van der Waals surface area contributed by atoms with Gasteiger partial charge in [0, 0.05) is 23.4 Å². The molecule has 138 valence electrons. The van der Waals surface area contributed by atoms with Crippen LogP contribution < -0.4 is 10.1 Å². The Morgan fingerprint density at radius 1 is 1.07 bits per heavy atom. The molecule has 3 aromatic carbocycles. The van der Waals surface area contributed by atoms with Crippen LogP contribution in [0.25, 0.3) is 16.7 Å². The van der Waals surface area contributed by atoms with Crippen LogP contribution in [0.4, 0.5) is 5.69 Å². The molecule has 0 radical (unpaired) electrons. The standard InChI is InChI=1S/C23H19N3O2/c1-15-24-20-14-17(7-9-21(20)26(15)19-5-3-2-4-6-19)23(27)25-18-8-10-22-16(13-18)11-12-28-22/h2-10,13-14H,11-12H2,1H3,(H,25,27). The van der Waals surface area contributed by atoms with Crippen LogP contribution in [0.1, 0.15) is 21.7 Å². The molecule has 4 aromatic rings. The van der Waals surface area contributed by atoms with Crippen molar-refractivity contribution in [2.24, 2.45) is 0 Å². The highest BCUT2D eigenvalue weighted by atomic mass is 16.5. The molecule has 28 heavy (non-hydrogen) atoms. The normalized spacial score (nSPS) is 12.6. The van der Waals surface area contributed by atoms with E-state index in [9.17, 15) is 4.79 Å². The molecule has 0 aliphatic carbocycles. The number of anilines is 1. The Morgan fingerprint density at radius 3 is 2.79 bits per heavy atom. The second kappa shape index (κ2) is 6.53. The molecule has 1 aliphatic rings. The van der Waals surface area contributed by atoms with Gasteiger partial charge in [-0.1, -0.05) is 18.2 Å². The maximum absolute atomic E-state index is 12.7. The third-order valence-corrected chi connectivity index (χ3v) is 5.05. The summed E-state index contributed by atoms with van der Waals surface area (Å²) >= 11 is 0. The monoisotopic (exact) mass is 369 g/mol. The Balaban J connectivity index is 1.46. The lowest BCUT2D eigenvalue weighted by atomic mass is 10.1. The molecule has 1 aliphatic heterocycles. The zero-order valence-corrected chi connectivity index (χ0v) is 15.5. The van der Waals surface area contributed by atoms with Gasteiger partial charge in [-0.2, -0.15) is 0 Å². The van der Waals surface area contributed by atoms with Gasteiger partial charge >= 0.3 is 0 Å². The maximum atomic E-state index is 12.7. The molecule has 1 N–H and O–H groups in total. The first kappa shape index (κ1) is 16.6. The van der Waals surface area contributed by atoms with E-state index in [1.807, 2.05) is 73.7 Å². The second-order valence-electron chi connectivity index (χ2n) is 6.91. The van der Waals surface area contributed by atoms with E-state index in [1.54, 1.807) is 0 Å². The van der Waals surface area contributed by atoms with Gasteiger partial charge < -0.3 is 10.1 Å². The molecule has 5 heteroatoms. The van der Waals surface area contributed by atoms with Gasteiger partial charge in [-0.15, -0.1) is 0 Å². The lowest BCUT2D eigenvalue weighted by Gasteiger charge is -2.08. The Kier molecular flexibility index (Phi) is 3.86. The van der Waals surface area contributed by atoms with E-state index in [-0.39, 0.29) is 5.91 Å². The summed E-state index contributed by atoms with van der Waals surface area (Å²) in [5, 5.41) is 2.98. The van der Waals surface area contributed by atoms with Crippen molar-refractivity contribution in [2.45, 2.75) is 13.3 Å². The number of carbonyl (C=O) groups is 1. The minimum Gasteiger partial charge on any atom is -0.493 e. The summed E-state index contributed by atoms with van der Waals surface area (Å²) in [6.45, 7) is 2.67. The smallest absolute Gasteiger partial charge is 0.255 e. The molecule has 0 bridgehead atoms. The molecule has 0 saturated heterocycles. The Labute approximate surface area is 162 Å². The largest absolute Gasteiger partial charge is 0.493 e. The highest BCUT2D eigenvalue weighted by Gasteiger charge is 2.15. The summed E-state index contributed by atoms with van der Waals surface area (Å²) < 4.78 is 7.61. The molecular formula is C23H19N3O2. The molecule has 5 nitrogen and oxygen atoms in total. The Morgan fingerprint density at radius 2 is 1.93 bits per heavy atom. The molecule has 5 rings (SSSR count). The highest BCUT2D eigenvalue weighted by molar-refractivity contribution is 6.06. The number of nitrogens with one attached hydrogen (secondary N) is 1. The molecule has 0 fully saturated rings. The third kappa shape index (κ3) is 2.81. The molecular weight excluding hydrogens is 350 g/mol. The first-order valence-corrected chi connectivity index (χ1v) is 9.31. The lowest BCUT2D eigenvalue weighted by molar-refractivity contribution is 0.102. The van der Waals surface area contributed by atoms with Crippen molar-refractivity contribution in [2.75, 3.05) is 11.9 Å². The van der Waals surface area contributed by atoms with E-state index in [0.717, 1.165) is 46.0 Å². The van der Waals surface area contributed by atoms with Crippen molar-refractivity contribution in [1.82, 2.24) is 9.55 Å². The quantitative estimate of drug-likeness (QED) is 0.578. The SMILES string of the molecule is Cc1nc2cc(C(=O)Nc3ccc4c(c3)CCO4)ccc2n1-c1ccccc1. The molecule has 0 unspecified atom stereocenters. The summed E-state index contributed by atoms with van der Waals surface area (Å²) in [6.07, 6.45) is 0.876. The summed E-state index contributed by atoms with van der Waals surface area (Å²) in [6, 6.07) is 21.5. The Hall–Kier alpha value is -3.60. The number of carbonyl (C=O) groups excluding carboxylic acids is 1. The van der Waals surface area contributed by atoms with E-state index in [2.05, 4.69) is 14.9 Å². The number of ether oxygens (including phenoxy) is 1. The molecule has 1 amide bonds. The van der Waals surface area contributed by atoms with Gasteiger partial charge in [0.1, 0.15) is 11.6 Å². The average molecular weight is 369 g/mol. The van der Waals surface area contributed by atoms with Crippen LogP contribution in [0.3, 0.4) is 0 Å².